The number of piperidine rings is 1. The first-order valence-corrected chi connectivity index (χ1v) is 7.74. The van der Waals surface area contributed by atoms with E-state index in [4.69, 9.17) is 0 Å². The van der Waals surface area contributed by atoms with Crippen LogP contribution in [0.25, 0.3) is 0 Å². The fraction of sp³-hybridized carbons (Fsp3) is 0.500. The van der Waals surface area contributed by atoms with Crippen LogP contribution in [0.2, 0.25) is 0 Å². The molecule has 3 rings (SSSR count). The summed E-state index contributed by atoms with van der Waals surface area (Å²) in [6, 6.07) is 2.91. The van der Waals surface area contributed by atoms with E-state index in [0.29, 0.717) is 30.9 Å². The normalized spacial score (nSPS) is 17.7. The summed E-state index contributed by atoms with van der Waals surface area (Å²) in [5.41, 5.74) is 1.50. The molecule has 1 saturated heterocycles. The van der Waals surface area contributed by atoms with Gasteiger partial charge in [-0.15, -0.1) is 12.4 Å². The third-order valence-electron chi connectivity index (χ3n) is 4.30. The maximum Gasteiger partial charge on any atom is 0.224 e. The molecule has 2 aliphatic heterocycles. The predicted molar refractivity (Wildman–Crippen MR) is 89.4 cm³/mol. The summed E-state index contributed by atoms with van der Waals surface area (Å²) in [5.74, 6) is -0.353. The van der Waals surface area contributed by atoms with Crippen molar-refractivity contribution in [3.05, 3.63) is 23.5 Å². The van der Waals surface area contributed by atoms with E-state index < -0.39 is 5.82 Å². The molecule has 3 N–H and O–H groups in total. The lowest BCUT2D eigenvalue weighted by atomic mass is 9.94. The number of carbonyl (C=O) groups is 2. The number of nitrogens with one attached hydrogen (secondary N) is 3. The van der Waals surface area contributed by atoms with E-state index >= 15 is 0 Å². The third kappa shape index (κ3) is 4.42. The molecule has 2 amide bonds. The second kappa shape index (κ2) is 7.75. The largest absolute Gasteiger partial charge is 0.326 e. The molecule has 0 radical (unpaired) electrons. The summed E-state index contributed by atoms with van der Waals surface area (Å²) in [5, 5.41) is 8.61. The Labute approximate surface area is 140 Å². The van der Waals surface area contributed by atoms with Crippen molar-refractivity contribution >= 4 is 35.6 Å². The lowest BCUT2D eigenvalue weighted by Crippen LogP contribution is -2.30. The molecule has 1 aromatic carbocycles. The second-order valence-corrected chi connectivity index (χ2v) is 5.98. The van der Waals surface area contributed by atoms with Crippen molar-refractivity contribution in [1.29, 1.82) is 0 Å². The molecular formula is C16H21ClFN3O2. The molecule has 5 nitrogen and oxygen atoms in total. The van der Waals surface area contributed by atoms with E-state index in [0.717, 1.165) is 31.5 Å². The maximum atomic E-state index is 14.1. The van der Waals surface area contributed by atoms with Crippen molar-refractivity contribution in [3.63, 3.8) is 0 Å². The Morgan fingerprint density at radius 3 is 2.74 bits per heavy atom. The molecule has 126 valence electrons. The average Bonchev–Trinajstić information content (AvgIpc) is 2.49. The first-order chi connectivity index (χ1) is 10.6. The van der Waals surface area contributed by atoms with Gasteiger partial charge in [-0.25, -0.2) is 4.39 Å². The molecule has 0 bridgehead atoms. The van der Waals surface area contributed by atoms with Gasteiger partial charge in [0, 0.05) is 18.5 Å². The Balaban J connectivity index is 0.00000192. The van der Waals surface area contributed by atoms with Crippen LogP contribution in [-0.2, 0) is 16.0 Å². The lowest BCUT2D eigenvalue weighted by molar-refractivity contribution is -0.117. The number of aryl methyl sites for hydroxylation is 1. The van der Waals surface area contributed by atoms with E-state index in [1.165, 1.54) is 12.1 Å². The molecule has 0 atom stereocenters. The zero-order valence-corrected chi connectivity index (χ0v) is 13.6. The monoisotopic (exact) mass is 341 g/mol. The Morgan fingerprint density at radius 1 is 1.26 bits per heavy atom. The number of fused-ring (bicyclic) bond motifs is 1. The van der Waals surface area contributed by atoms with Crippen LogP contribution >= 0.6 is 12.4 Å². The molecule has 2 heterocycles. The number of hydrogen-bond acceptors (Lipinski definition) is 3. The molecule has 0 unspecified atom stereocenters. The minimum atomic E-state index is -0.450. The van der Waals surface area contributed by atoms with Crippen LogP contribution in [0.5, 0.6) is 0 Å². The number of halogens is 2. The third-order valence-corrected chi connectivity index (χ3v) is 4.30. The van der Waals surface area contributed by atoms with Crippen LogP contribution in [0, 0.1) is 11.7 Å². The van der Waals surface area contributed by atoms with Gasteiger partial charge in [-0.1, -0.05) is 0 Å². The summed E-state index contributed by atoms with van der Waals surface area (Å²) in [6.07, 6.45) is 3.24. The van der Waals surface area contributed by atoms with E-state index in [1.807, 2.05) is 0 Å². The van der Waals surface area contributed by atoms with Gasteiger partial charge in [0.15, 0.2) is 0 Å². The van der Waals surface area contributed by atoms with Crippen LogP contribution in [0.3, 0.4) is 0 Å². The van der Waals surface area contributed by atoms with Gasteiger partial charge >= 0.3 is 0 Å². The zero-order chi connectivity index (χ0) is 15.5. The molecule has 23 heavy (non-hydrogen) atoms. The van der Waals surface area contributed by atoms with Crippen LogP contribution in [-0.4, -0.2) is 24.9 Å². The van der Waals surface area contributed by atoms with Crippen molar-refractivity contribution in [3.8, 4) is 0 Å². The maximum absolute atomic E-state index is 14.1. The second-order valence-electron chi connectivity index (χ2n) is 5.98. The SMILES string of the molecule is Cl.O=C(CC1CCNCC1)Nc1cc2c(cc1F)CCC(=O)N2. The van der Waals surface area contributed by atoms with Crippen LogP contribution in [0.4, 0.5) is 15.8 Å². The Morgan fingerprint density at radius 2 is 2.00 bits per heavy atom. The van der Waals surface area contributed by atoms with Crippen molar-refractivity contribution in [2.24, 2.45) is 5.92 Å². The van der Waals surface area contributed by atoms with Crippen molar-refractivity contribution < 1.29 is 14.0 Å². The predicted octanol–water partition coefficient (Wildman–Crippen LogP) is 2.46. The highest BCUT2D eigenvalue weighted by molar-refractivity contribution is 5.96. The van der Waals surface area contributed by atoms with E-state index in [2.05, 4.69) is 16.0 Å². The summed E-state index contributed by atoms with van der Waals surface area (Å²) in [6.45, 7) is 1.86. The van der Waals surface area contributed by atoms with Gasteiger partial charge in [0.25, 0.3) is 0 Å². The van der Waals surface area contributed by atoms with E-state index in [1.54, 1.807) is 0 Å². The molecular weight excluding hydrogens is 321 g/mol. The number of amides is 2. The molecule has 0 spiro atoms. The summed E-state index contributed by atoms with van der Waals surface area (Å²) in [7, 11) is 0. The van der Waals surface area contributed by atoms with Crippen LogP contribution in [0.1, 0.15) is 31.2 Å². The van der Waals surface area contributed by atoms with Gasteiger partial charge in [0.1, 0.15) is 5.82 Å². The number of hydrogen-bond donors (Lipinski definition) is 3. The number of anilines is 2. The molecule has 0 aromatic heterocycles. The summed E-state index contributed by atoms with van der Waals surface area (Å²) < 4.78 is 14.1. The van der Waals surface area contributed by atoms with Gasteiger partial charge < -0.3 is 16.0 Å². The van der Waals surface area contributed by atoms with Crippen molar-refractivity contribution in [2.45, 2.75) is 32.1 Å². The smallest absolute Gasteiger partial charge is 0.224 e. The average molecular weight is 342 g/mol. The topological polar surface area (TPSA) is 70.2 Å². The quantitative estimate of drug-likeness (QED) is 0.791. The van der Waals surface area contributed by atoms with Gasteiger partial charge in [-0.3, -0.25) is 9.59 Å². The van der Waals surface area contributed by atoms with Gasteiger partial charge in [0.05, 0.1) is 5.69 Å². The Kier molecular flexibility index (Phi) is 5.96. The first kappa shape index (κ1) is 17.7. The fourth-order valence-electron chi connectivity index (χ4n) is 3.04. The first-order valence-electron chi connectivity index (χ1n) is 7.74. The van der Waals surface area contributed by atoms with Crippen LogP contribution < -0.4 is 16.0 Å². The standard InChI is InChI=1S/C16H20FN3O2.ClH/c17-12-8-11-1-2-15(21)19-13(11)9-14(12)20-16(22)7-10-3-5-18-6-4-10;/h8-10,18H,1-7H2,(H,19,21)(H,20,22);1H. The van der Waals surface area contributed by atoms with Crippen LogP contribution in [0.15, 0.2) is 12.1 Å². The highest BCUT2D eigenvalue weighted by Crippen LogP contribution is 2.29. The minimum absolute atomic E-state index is 0. The van der Waals surface area contributed by atoms with Gasteiger partial charge in [0.2, 0.25) is 11.8 Å². The fourth-order valence-corrected chi connectivity index (χ4v) is 3.04. The molecule has 7 heteroatoms. The molecule has 1 aromatic rings. The minimum Gasteiger partial charge on any atom is -0.326 e. The van der Waals surface area contributed by atoms with E-state index in [-0.39, 0.29) is 29.9 Å². The van der Waals surface area contributed by atoms with Gasteiger partial charge in [-0.2, -0.15) is 0 Å². The molecule has 0 saturated carbocycles. The zero-order valence-electron chi connectivity index (χ0n) is 12.8. The highest BCUT2D eigenvalue weighted by atomic mass is 35.5. The highest BCUT2D eigenvalue weighted by Gasteiger charge is 2.20. The molecule has 0 aliphatic carbocycles. The summed E-state index contributed by atoms with van der Waals surface area (Å²) in [4.78, 5) is 23.5. The van der Waals surface area contributed by atoms with Crippen molar-refractivity contribution in [1.82, 2.24) is 5.32 Å². The van der Waals surface area contributed by atoms with E-state index in [9.17, 15) is 14.0 Å². The Bertz CT molecular complexity index is 603. The lowest BCUT2D eigenvalue weighted by Gasteiger charge is -2.22. The Hall–Kier alpha value is -1.66. The molecule has 2 aliphatic rings. The molecule has 1 fully saturated rings. The number of carbonyl (C=O) groups excluding carboxylic acids is 2. The van der Waals surface area contributed by atoms with Gasteiger partial charge in [-0.05, 0) is 56.0 Å². The number of rotatable bonds is 3. The number of benzene rings is 1. The van der Waals surface area contributed by atoms with Crippen molar-refractivity contribution in [2.75, 3.05) is 23.7 Å². The summed E-state index contributed by atoms with van der Waals surface area (Å²) >= 11 is 0.